The second-order valence-corrected chi connectivity index (χ2v) is 6.72. The second-order valence-electron chi connectivity index (χ2n) is 6.72. The fourth-order valence-corrected chi connectivity index (χ4v) is 3.51. The normalized spacial score (nSPS) is 26.2. The largest absolute Gasteiger partial charge is 0.392 e. The van der Waals surface area contributed by atoms with E-state index in [0.717, 1.165) is 13.0 Å². The van der Waals surface area contributed by atoms with Gasteiger partial charge in [-0.3, -0.25) is 4.90 Å². The van der Waals surface area contributed by atoms with Crippen LogP contribution in [0.2, 0.25) is 0 Å². The summed E-state index contributed by atoms with van der Waals surface area (Å²) in [6.07, 6.45) is 0.578. The topological polar surface area (TPSA) is 52.7 Å². The lowest BCUT2D eigenvalue weighted by atomic mass is 9.97. The number of nitrogens with two attached hydrogens (primary N) is 1. The zero-order valence-corrected chi connectivity index (χ0v) is 13.7. The highest BCUT2D eigenvalue weighted by molar-refractivity contribution is 5.26. The molecule has 3 N–H and O–H groups in total. The molecule has 0 radical (unpaired) electrons. The van der Waals surface area contributed by atoms with Crippen molar-refractivity contribution in [3.63, 3.8) is 0 Å². The molecule has 1 aliphatic rings. The molecule has 118 valence electrons. The van der Waals surface area contributed by atoms with Crippen LogP contribution in [0.15, 0.2) is 24.3 Å². The third-order valence-electron chi connectivity index (χ3n) is 4.25. The number of hydrogen-bond acceptors (Lipinski definition) is 4. The Morgan fingerprint density at radius 3 is 2.71 bits per heavy atom. The fraction of sp³-hybridized carbons (Fsp3) is 0.647. The number of aliphatic hydroxyl groups excluding tert-OH is 1. The Labute approximate surface area is 128 Å². The van der Waals surface area contributed by atoms with Crippen LogP contribution in [0.1, 0.15) is 30.5 Å². The smallest absolute Gasteiger partial charge is 0.0682 e. The predicted molar refractivity (Wildman–Crippen MR) is 87.2 cm³/mol. The van der Waals surface area contributed by atoms with Crippen molar-refractivity contribution < 1.29 is 5.11 Å². The molecule has 2 rings (SSSR count). The molecule has 1 aliphatic heterocycles. The number of nitrogens with zero attached hydrogens (tertiary/aromatic N) is 2. The lowest BCUT2D eigenvalue weighted by molar-refractivity contribution is 0.123. The van der Waals surface area contributed by atoms with E-state index in [9.17, 15) is 5.11 Å². The molecule has 4 nitrogen and oxygen atoms in total. The Bertz CT molecular complexity index is 461. The van der Waals surface area contributed by atoms with Crippen LogP contribution in [0.25, 0.3) is 0 Å². The number of β-amino-alcohol motifs (C(OH)–C–C–N with tert-alkyl or cyclic N) is 1. The number of likely N-dealkylation sites (N-methyl/N-ethyl adjacent to an activating group) is 1. The first-order valence-electron chi connectivity index (χ1n) is 7.79. The van der Waals surface area contributed by atoms with E-state index in [1.165, 1.54) is 11.1 Å². The summed E-state index contributed by atoms with van der Waals surface area (Å²) in [5.41, 5.74) is 8.80. The van der Waals surface area contributed by atoms with Crippen molar-refractivity contribution in [1.29, 1.82) is 0 Å². The first kappa shape index (κ1) is 16.4. The number of likely N-dealkylation sites (tertiary alicyclic amines) is 1. The molecule has 0 saturated carbocycles. The minimum absolute atomic E-state index is 0.0294. The number of hydrogen-bond donors (Lipinski definition) is 2. The Hall–Kier alpha value is -0.940. The minimum Gasteiger partial charge on any atom is -0.392 e. The van der Waals surface area contributed by atoms with Gasteiger partial charge in [0.15, 0.2) is 0 Å². The molecule has 1 fully saturated rings. The number of aliphatic hydroxyl groups is 1. The molecule has 0 bridgehead atoms. The Morgan fingerprint density at radius 1 is 1.43 bits per heavy atom. The maximum absolute atomic E-state index is 10.1. The Kier molecular flexibility index (Phi) is 5.38. The van der Waals surface area contributed by atoms with E-state index in [-0.39, 0.29) is 18.2 Å². The molecule has 0 aromatic heterocycles. The van der Waals surface area contributed by atoms with E-state index in [4.69, 9.17) is 5.73 Å². The van der Waals surface area contributed by atoms with E-state index in [1.807, 2.05) is 0 Å². The van der Waals surface area contributed by atoms with Gasteiger partial charge in [0.05, 0.1) is 12.1 Å². The molecule has 4 heteroatoms. The van der Waals surface area contributed by atoms with E-state index < -0.39 is 0 Å². The summed E-state index contributed by atoms with van der Waals surface area (Å²) in [6.45, 7) is 5.83. The van der Waals surface area contributed by atoms with Crippen LogP contribution in [0, 0.1) is 6.92 Å². The molecular formula is C17H29N3O. The van der Waals surface area contributed by atoms with Gasteiger partial charge >= 0.3 is 0 Å². The number of aryl methyl sites for hydroxylation is 1. The highest BCUT2D eigenvalue weighted by atomic mass is 16.3. The molecule has 0 amide bonds. The monoisotopic (exact) mass is 291 g/mol. The lowest BCUT2D eigenvalue weighted by Gasteiger charge is -2.37. The Balaban J connectivity index is 2.28. The van der Waals surface area contributed by atoms with Gasteiger partial charge in [-0.05, 0) is 39.9 Å². The van der Waals surface area contributed by atoms with Crippen molar-refractivity contribution in [1.82, 2.24) is 9.80 Å². The molecule has 1 saturated heterocycles. The molecule has 0 aliphatic carbocycles. The van der Waals surface area contributed by atoms with Crippen LogP contribution in [-0.4, -0.2) is 60.3 Å². The number of benzene rings is 1. The molecule has 1 aromatic carbocycles. The van der Waals surface area contributed by atoms with Crippen molar-refractivity contribution in [3.05, 3.63) is 35.4 Å². The van der Waals surface area contributed by atoms with E-state index >= 15 is 0 Å². The van der Waals surface area contributed by atoms with Crippen LogP contribution >= 0.6 is 0 Å². The van der Waals surface area contributed by atoms with Gasteiger partial charge in [-0.25, -0.2) is 0 Å². The van der Waals surface area contributed by atoms with Crippen LogP contribution in [0.4, 0.5) is 0 Å². The van der Waals surface area contributed by atoms with E-state index in [2.05, 4.69) is 62.0 Å². The Morgan fingerprint density at radius 2 is 2.14 bits per heavy atom. The van der Waals surface area contributed by atoms with Gasteiger partial charge in [0.2, 0.25) is 0 Å². The van der Waals surface area contributed by atoms with Crippen molar-refractivity contribution in [2.75, 3.05) is 27.2 Å². The molecule has 4 unspecified atom stereocenters. The van der Waals surface area contributed by atoms with Gasteiger partial charge in [0.25, 0.3) is 0 Å². The van der Waals surface area contributed by atoms with Crippen LogP contribution in [0.5, 0.6) is 0 Å². The van der Waals surface area contributed by atoms with Gasteiger partial charge in [-0.15, -0.1) is 0 Å². The van der Waals surface area contributed by atoms with Crippen molar-refractivity contribution in [2.24, 2.45) is 5.73 Å². The van der Waals surface area contributed by atoms with Crippen molar-refractivity contribution >= 4 is 0 Å². The van der Waals surface area contributed by atoms with Crippen molar-refractivity contribution in [3.8, 4) is 0 Å². The maximum atomic E-state index is 10.1. The summed E-state index contributed by atoms with van der Waals surface area (Å²) in [5, 5.41) is 10.1. The van der Waals surface area contributed by atoms with Gasteiger partial charge in [-0.1, -0.05) is 29.8 Å². The molecular weight excluding hydrogens is 262 g/mol. The quantitative estimate of drug-likeness (QED) is 0.860. The lowest BCUT2D eigenvalue weighted by Crippen LogP contribution is -2.45. The first-order chi connectivity index (χ1) is 9.88. The van der Waals surface area contributed by atoms with Crippen LogP contribution < -0.4 is 5.73 Å². The molecule has 0 spiro atoms. The van der Waals surface area contributed by atoms with E-state index in [0.29, 0.717) is 12.6 Å². The average molecular weight is 291 g/mol. The highest BCUT2D eigenvalue weighted by Gasteiger charge is 2.37. The van der Waals surface area contributed by atoms with E-state index in [1.54, 1.807) is 0 Å². The summed E-state index contributed by atoms with van der Waals surface area (Å²) in [7, 11) is 4.16. The summed E-state index contributed by atoms with van der Waals surface area (Å²) < 4.78 is 0. The standard InChI is InChI=1S/C17H29N3O/c1-12-6-5-7-14(8-12)17(13(2)18)20-11-16(21)9-15(20)10-19(3)4/h5-8,13,15-17,21H,9-11,18H2,1-4H3. The van der Waals surface area contributed by atoms with Crippen molar-refractivity contribution in [2.45, 2.75) is 44.5 Å². The minimum atomic E-state index is -0.249. The zero-order chi connectivity index (χ0) is 15.6. The summed E-state index contributed by atoms with van der Waals surface area (Å²) >= 11 is 0. The fourth-order valence-electron chi connectivity index (χ4n) is 3.51. The summed E-state index contributed by atoms with van der Waals surface area (Å²) in [5.74, 6) is 0. The summed E-state index contributed by atoms with van der Waals surface area (Å²) in [6, 6.07) is 9.11. The average Bonchev–Trinajstić information content (AvgIpc) is 2.69. The van der Waals surface area contributed by atoms with Crippen LogP contribution in [-0.2, 0) is 0 Å². The second kappa shape index (κ2) is 6.88. The molecule has 21 heavy (non-hydrogen) atoms. The third-order valence-corrected chi connectivity index (χ3v) is 4.25. The SMILES string of the molecule is Cc1cccc(C(C(C)N)N2CC(O)CC2CN(C)C)c1. The van der Waals surface area contributed by atoms with Crippen LogP contribution in [0.3, 0.4) is 0 Å². The summed E-state index contributed by atoms with van der Waals surface area (Å²) in [4.78, 5) is 4.58. The predicted octanol–water partition coefficient (Wildman–Crippen LogP) is 1.38. The molecule has 1 aromatic rings. The molecule has 4 atom stereocenters. The third kappa shape index (κ3) is 4.04. The zero-order valence-electron chi connectivity index (χ0n) is 13.7. The van der Waals surface area contributed by atoms with Gasteiger partial charge < -0.3 is 15.7 Å². The number of rotatable bonds is 5. The highest BCUT2D eigenvalue weighted by Crippen LogP contribution is 2.32. The maximum Gasteiger partial charge on any atom is 0.0682 e. The molecule has 1 heterocycles. The van der Waals surface area contributed by atoms with Gasteiger partial charge in [0, 0.05) is 25.2 Å². The van der Waals surface area contributed by atoms with Gasteiger partial charge in [-0.2, -0.15) is 0 Å². The van der Waals surface area contributed by atoms with Gasteiger partial charge in [0.1, 0.15) is 0 Å². The first-order valence-corrected chi connectivity index (χ1v) is 7.79.